The molecule has 2 aromatic rings. The summed E-state index contributed by atoms with van der Waals surface area (Å²) < 4.78 is 1.85. The van der Waals surface area contributed by atoms with Crippen LogP contribution in [0.5, 0.6) is 0 Å². The molecule has 0 radical (unpaired) electrons. The van der Waals surface area contributed by atoms with Crippen molar-refractivity contribution in [2.45, 2.75) is 39.0 Å². The highest BCUT2D eigenvalue weighted by Gasteiger charge is 1.99. The van der Waals surface area contributed by atoms with Gasteiger partial charge < -0.3 is 0 Å². The molecule has 0 aliphatic rings. The zero-order chi connectivity index (χ0) is 13.3. The van der Waals surface area contributed by atoms with Crippen molar-refractivity contribution in [1.82, 2.24) is 9.55 Å². The first-order chi connectivity index (χ1) is 9.40. The molecule has 0 spiro atoms. The molecule has 0 saturated heterocycles. The maximum atomic E-state index is 4.38. The van der Waals surface area contributed by atoms with Gasteiger partial charge in [0.05, 0.1) is 5.69 Å². The smallest absolute Gasteiger partial charge is 0.107 e. The van der Waals surface area contributed by atoms with E-state index >= 15 is 0 Å². The summed E-state index contributed by atoms with van der Waals surface area (Å²) in [6.45, 7) is 2.22. The molecule has 0 bridgehead atoms. The number of benzene rings is 1. The second-order valence-electron chi connectivity index (χ2n) is 4.63. The fraction of sp³-hybridized carbons (Fsp3) is 0.353. The molecule has 0 N–H and O–H groups in total. The highest BCUT2D eigenvalue weighted by molar-refractivity contribution is 5.57. The Morgan fingerprint density at radius 1 is 1.11 bits per heavy atom. The van der Waals surface area contributed by atoms with Crippen LogP contribution >= 0.6 is 0 Å². The molecule has 0 aliphatic carbocycles. The predicted molar refractivity (Wildman–Crippen MR) is 79.6 cm³/mol. The van der Waals surface area contributed by atoms with Gasteiger partial charge in [0, 0.05) is 24.2 Å². The molecule has 98 valence electrons. The number of hydrogen-bond acceptors (Lipinski definition) is 1. The number of hydrogen-bond donors (Lipinski definition) is 0. The average molecular weight is 252 g/mol. The lowest BCUT2D eigenvalue weighted by atomic mass is 10.2. The van der Waals surface area contributed by atoms with Gasteiger partial charge >= 0.3 is 0 Å². The summed E-state index contributed by atoms with van der Waals surface area (Å²) in [6, 6.07) is 13.3. The van der Waals surface area contributed by atoms with Gasteiger partial charge in [0.1, 0.15) is 6.33 Å². The Hall–Kier alpha value is -2.01. The third-order valence-electron chi connectivity index (χ3n) is 3.02. The zero-order valence-corrected chi connectivity index (χ0v) is 11.5. The van der Waals surface area contributed by atoms with E-state index in [0.717, 1.165) is 17.7 Å². The lowest BCUT2D eigenvalue weighted by Gasteiger charge is -1.93. The SMILES string of the molecule is CCCCCCC#Cn1cnc(-c2ccccc2)c1. The van der Waals surface area contributed by atoms with Crippen molar-refractivity contribution < 1.29 is 0 Å². The minimum absolute atomic E-state index is 0.971. The van der Waals surface area contributed by atoms with Crippen LogP contribution in [0.1, 0.15) is 39.0 Å². The van der Waals surface area contributed by atoms with Crippen molar-refractivity contribution in [2.75, 3.05) is 0 Å². The van der Waals surface area contributed by atoms with Gasteiger partial charge in [-0.15, -0.1) is 0 Å². The van der Waals surface area contributed by atoms with Crippen molar-refractivity contribution in [3.8, 4) is 23.2 Å². The molecule has 0 atom stereocenters. The molecule has 1 aromatic carbocycles. The quantitative estimate of drug-likeness (QED) is 0.572. The molecule has 2 heteroatoms. The van der Waals surface area contributed by atoms with E-state index in [-0.39, 0.29) is 0 Å². The molecule has 19 heavy (non-hydrogen) atoms. The van der Waals surface area contributed by atoms with Crippen molar-refractivity contribution in [1.29, 1.82) is 0 Å². The lowest BCUT2D eigenvalue weighted by molar-refractivity contribution is 0.679. The highest BCUT2D eigenvalue weighted by Crippen LogP contribution is 2.15. The lowest BCUT2D eigenvalue weighted by Crippen LogP contribution is -1.82. The maximum Gasteiger partial charge on any atom is 0.107 e. The van der Waals surface area contributed by atoms with Crippen LogP contribution < -0.4 is 0 Å². The Morgan fingerprint density at radius 2 is 1.95 bits per heavy atom. The van der Waals surface area contributed by atoms with Gasteiger partial charge in [-0.2, -0.15) is 0 Å². The first-order valence-electron chi connectivity index (χ1n) is 6.98. The summed E-state index contributed by atoms with van der Waals surface area (Å²) in [6.07, 6.45) is 9.79. The summed E-state index contributed by atoms with van der Waals surface area (Å²) in [4.78, 5) is 4.38. The van der Waals surface area contributed by atoms with Gasteiger partial charge in [0.25, 0.3) is 0 Å². The standard InChI is InChI=1S/C17H20N2/c1-2-3-4-5-6-10-13-19-14-17(18-15-19)16-11-8-7-9-12-16/h7-9,11-12,14-15H,2-6H2,1H3. The number of nitrogens with zero attached hydrogens (tertiary/aromatic N) is 2. The van der Waals surface area contributed by atoms with Crippen molar-refractivity contribution in [3.63, 3.8) is 0 Å². The maximum absolute atomic E-state index is 4.38. The second-order valence-corrected chi connectivity index (χ2v) is 4.63. The van der Waals surface area contributed by atoms with Crippen LogP contribution in [-0.4, -0.2) is 9.55 Å². The number of unbranched alkanes of at least 4 members (excludes halogenated alkanes) is 4. The third-order valence-corrected chi connectivity index (χ3v) is 3.02. The Bertz CT molecular complexity index is 543. The van der Waals surface area contributed by atoms with Crippen LogP contribution in [0.15, 0.2) is 42.9 Å². The molecule has 0 aliphatic heterocycles. The fourth-order valence-electron chi connectivity index (χ4n) is 1.93. The van der Waals surface area contributed by atoms with Gasteiger partial charge in [0.15, 0.2) is 0 Å². The topological polar surface area (TPSA) is 17.8 Å². The summed E-state index contributed by atoms with van der Waals surface area (Å²) >= 11 is 0. The molecule has 0 amide bonds. The molecular weight excluding hydrogens is 232 g/mol. The molecule has 0 saturated carbocycles. The van der Waals surface area contributed by atoms with Gasteiger partial charge in [0.2, 0.25) is 0 Å². The number of imidazole rings is 1. The van der Waals surface area contributed by atoms with E-state index in [9.17, 15) is 0 Å². The molecule has 2 rings (SSSR count). The van der Waals surface area contributed by atoms with E-state index in [1.54, 1.807) is 6.33 Å². The van der Waals surface area contributed by atoms with Gasteiger partial charge in [-0.25, -0.2) is 4.98 Å². The Morgan fingerprint density at radius 3 is 2.74 bits per heavy atom. The number of aromatic nitrogens is 2. The molecule has 1 heterocycles. The highest BCUT2D eigenvalue weighted by atomic mass is 15.0. The number of rotatable bonds is 5. The van der Waals surface area contributed by atoms with Crippen molar-refractivity contribution in [2.24, 2.45) is 0 Å². The fourth-order valence-corrected chi connectivity index (χ4v) is 1.93. The minimum atomic E-state index is 0.971. The summed E-state index contributed by atoms with van der Waals surface area (Å²) in [5, 5.41) is 0. The summed E-state index contributed by atoms with van der Waals surface area (Å²) in [7, 11) is 0. The zero-order valence-electron chi connectivity index (χ0n) is 11.5. The summed E-state index contributed by atoms with van der Waals surface area (Å²) in [5.74, 6) is 3.20. The van der Waals surface area contributed by atoms with Crippen LogP contribution in [0.4, 0.5) is 0 Å². The van der Waals surface area contributed by atoms with E-state index < -0.39 is 0 Å². The van der Waals surface area contributed by atoms with Crippen LogP contribution in [0.3, 0.4) is 0 Å². The normalized spacial score (nSPS) is 9.95. The van der Waals surface area contributed by atoms with E-state index in [1.807, 2.05) is 29.0 Å². The molecular formula is C17H20N2. The van der Waals surface area contributed by atoms with Crippen LogP contribution in [0.25, 0.3) is 11.3 Å². The van der Waals surface area contributed by atoms with Crippen molar-refractivity contribution in [3.05, 3.63) is 42.9 Å². The molecule has 1 aromatic heterocycles. The van der Waals surface area contributed by atoms with Crippen molar-refractivity contribution >= 4 is 0 Å². The minimum Gasteiger partial charge on any atom is -0.264 e. The van der Waals surface area contributed by atoms with E-state index in [2.05, 4.69) is 36.0 Å². The van der Waals surface area contributed by atoms with E-state index in [1.165, 1.54) is 25.7 Å². The van der Waals surface area contributed by atoms with Gasteiger partial charge in [-0.1, -0.05) is 62.4 Å². The third kappa shape index (κ3) is 4.30. The summed E-state index contributed by atoms with van der Waals surface area (Å²) in [5.41, 5.74) is 2.10. The molecule has 0 fully saturated rings. The predicted octanol–water partition coefficient (Wildman–Crippen LogP) is 4.33. The first-order valence-corrected chi connectivity index (χ1v) is 6.98. The molecule has 2 nitrogen and oxygen atoms in total. The van der Waals surface area contributed by atoms with E-state index in [4.69, 9.17) is 0 Å². The Kier molecular flexibility index (Phi) is 5.25. The molecule has 0 unspecified atom stereocenters. The van der Waals surface area contributed by atoms with Gasteiger partial charge in [-0.3, -0.25) is 4.57 Å². The van der Waals surface area contributed by atoms with Crippen LogP contribution in [-0.2, 0) is 0 Å². The largest absolute Gasteiger partial charge is 0.264 e. The monoisotopic (exact) mass is 252 g/mol. The van der Waals surface area contributed by atoms with E-state index in [0.29, 0.717) is 0 Å². The van der Waals surface area contributed by atoms with Gasteiger partial charge in [-0.05, 0) is 6.42 Å². The Labute approximate surface area is 115 Å². The Balaban J connectivity index is 1.90. The van der Waals surface area contributed by atoms with Crippen LogP contribution in [0, 0.1) is 12.0 Å². The first kappa shape index (κ1) is 13.4. The van der Waals surface area contributed by atoms with Crippen LogP contribution in [0.2, 0.25) is 0 Å². The second kappa shape index (κ2) is 7.43. The average Bonchev–Trinajstić information content (AvgIpc) is 2.92.